The van der Waals surface area contributed by atoms with Gasteiger partial charge in [-0.3, -0.25) is 0 Å². The molecule has 0 fully saturated rings. The third kappa shape index (κ3) is 3.19. The van der Waals surface area contributed by atoms with Crippen LogP contribution in [0.3, 0.4) is 0 Å². The quantitative estimate of drug-likeness (QED) is 0.758. The minimum absolute atomic E-state index is 0.0591. The average molecular weight is 316 g/mol. The lowest BCUT2D eigenvalue weighted by molar-refractivity contribution is 0.598. The first-order chi connectivity index (χ1) is 9.27. The molecule has 0 unspecified atom stereocenters. The Kier molecular flexibility index (Phi) is 3.85. The molecule has 106 valence electrons. The van der Waals surface area contributed by atoms with E-state index in [2.05, 4.69) is 5.32 Å². The van der Waals surface area contributed by atoms with Gasteiger partial charge in [0.25, 0.3) is 0 Å². The maximum atomic E-state index is 13.1. The first-order valence-corrected chi connectivity index (χ1v) is 7.34. The number of benzene rings is 2. The topological polar surface area (TPSA) is 98.2 Å². The summed E-state index contributed by atoms with van der Waals surface area (Å²) in [5.74, 6) is -0.552. The van der Waals surface area contributed by atoms with Crippen molar-refractivity contribution in [1.29, 1.82) is 0 Å². The van der Waals surface area contributed by atoms with Crippen LogP contribution in [0.25, 0.3) is 0 Å². The molecule has 0 saturated carbocycles. The molecule has 0 spiro atoms. The van der Waals surface area contributed by atoms with Gasteiger partial charge in [0.15, 0.2) is 0 Å². The van der Waals surface area contributed by atoms with Crippen molar-refractivity contribution in [2.75, 3.05) is 11.1 Å². The first-order valence-electron chi connectivity index (χ1n) is 5.42. The van der Waals surface area contributed by atoms with Crippen molar-refractivity contribution in [1.82, 2.24) is 0 Å². The maximum absolute atomic E-state index is 13.1. The number of nitrogens with one attached hydrogen (secondary N) is 1. The van der Waals surface area contributed by atoms with Gasteiger partial charge in [-0.2, -0.15) is 0 Å². The van der Waals surface area contributed by atoms with E-state index in [1.54, 1.807) is 0 Å². The molecule has 2 aromatic carbocycles. The van der Waals surface area contributed by atoms with Crippen molar-refractivity contribution in [2.45, 2.75) is 4.90 Å². The second-order valence-corrected chi connectivity index (χ2v) is 6.02. The number of sulfonamides is 1. The molecule has 8 heteroatoms. The monoisotopic (exact) mass is 315 g/mol. The number of halogens is 2. The standard InChI is InChI=1S/C12H11ClFN3O2S/c13-9-5-7(1-3-10(9)14)17-12-6-8(20(16,18)19)2-4-11(12)15/h1-6,17H,15H2,(H2,16,18,19). The summed E-state index contributed by atoms with van der Waals surface area (Å²) in [5, 5.41) is 7.84. The third-order valence-electron chi connectivity index (χ3n) is 2.55. The van der Waals surface area contributed by atoms with Gasteiger partial charge in [-0.1, -0.05) is 11.6 Å². The van der Waals surface area contributed by atoms with E-state index >= 15 is 0 Å². The van der Waals surface area contributed by atoms with E-state index in [0.29, 0.717) is 17.1 Å². The van der Waals surface area contributed by atoms with Crippen LogP contribution in [0.1, 0.15) is 0 Å². The normalized spacial score (nSPS) is 11.3. The number of hydrogen-bond acceptors (Lipinski definition) is 4. The zero-order valence-corrected chi connectivity index (χ0v) is 11.7. The fourth-order valence-electron chi connectivity index (χ4n) is 1.55. The van der Waals surface area contributed by atoms with Crippen molar-refractivity contribution in [3.05, 3.63) is 47.2 Å². The molecule has 0 amide bonds. The Hall–Kier alpha value is -1.83. The van der Waals surface area contributed by atoms with Gasteiger partial charge in [-0.05, 0) is 36.4 Å². The summed E-state index contributed by atoms with van der Waals surface area (Å²) >= 11 is 5.66. The van der Waals surface area contributed by atoms with Crippen molar-refractivity contribution < 1.29 is 12.8 Å². The molecule has 0 saturated heterocycles. The van der Waals surface area contributed by atoms with Crippen molar-refractivity contribution >= 4 is 38.7 Å². The van der Waals surface area contributed by atoms with E-state index < -0.39 is 15.8 Å². The number of nitrogens with two attached hydrogens (primary N) is 2. The van der Waals surface area contributed by atoms with E-state index in [0.717, 1.165) is 0 Å². The average Bonchev–Trinajstić information content (AvgIpc) is 2.35. The summed E-state index contributed by atoms with van der Waals surface area (Å²) in [6.45, 7) is 0. The number of anilines is 3. The predicted molar refractivity (Wildman–Crippen MR) is 76.9 cm³/mol. The molecular weight excluding hydrogens is 305 g/mol. The fourth-order valence-corrected chi connectivity index (χ4v) is 2.27. The molecular formula is C12H11ClFN3O2S. The SMILES string of the molecule is Nc1ccc(S(N)(=O)=O)cc1Nc1ccc(F)c(Cl)c1. The highest BCUT2D eigenvalue weighted by molar-refractivity contribution is 7.89. The first kappa shape index (κ1) is 14.6. The number of nitrogen functional groups attached to an aromatic ring is 1. The van der Waals surface area contributed by atoms with Gasteiger partial charge in [-0.15, -0.1) is 0 Å². The highest BCUT2D eigenvalue weighted by atomic mass is 35.5. The summed E-state index contributed by atoms with van der Waals surface area (Å²) in [7, 11) is -3.83. The molecule has 0 heterocycles. The molecule has 5 nitrogen and oxygen atoms in total. The van der Waals surface area contributed by atoms with Crippen LogP contribution in [0.5, 0.6) is 0 Å². The molecule has 0 radical (unpaired) electrons. The van der Waals surface area contributed by atoms with Crippen molar-refractivity contribution in [3.8, 4) is 0 Å². The zero-order chi connectivity index (χ0) is 14.9. The molecule has 20 heavy (non-hydrogen) atoms. The minimum atomic E-state index is -3.83. The molecule has 0 atom stereocenters. The lowest BCUT2D eigenvalue weighted by Crippen LogP contribution is -2.12. The van der Waals surface area contributed by atoms with Gasteiger partial charge in [0, 0.05) is 5.69 Å². The summed E-state index contributed by atoms with van der Waals surface area (Å²) in [5.41, 5.74) is 6.86. The van der Waals surface area contributed by atoms with Crippen LogP contribution in [-0.2, 0) is 10.0 Å². The summed E-state index contributed by atoms with van der Waals surface area (Å²) in [6.07, 6.45) is 0. The smallest absolute Gasteiger partial charge is 0.238 e. The van der Waals surface area contributed by atoms with Crippen LogP contribution in [-0.4, -0.2) is 8.42 Å². The van der Waals surface area contributed by atoms with Gasteiger partial charge in [0.05, 0.1) is 21.3 Å². The fraction of sp³-hybridized carbons (Fsp3) is 0. The number of rotatable bonds is 3. The van der Waals surface area contributed by atoms with Gasteiger partial charge in [-0.25, -0.2) is 17.9 Å². The van der Waals surface area contributed by atoms with E-state index in [4.69, 9.17) is 22.5 Å². The maximum Gasteiger partial charge on any atom is 0.238 e. The Morgan fingerprint density at radius 1 is 1.15 bits per heavy atom. The zero-order valence-electron chi connectivity index (χ0n) is 10.1. The summed E-state index contributed by atoms with van der Waals surface area (Å²) in [4.78, 5) is -0.0811. The molecule has 5 N–H and O–H groups in total. The number of primary sulfonamides is 1. The van der Waals surface area contributed by atoms with Crippen LogP contribution in [0.15, 0.2) is 41.3 Å². The van der Waals surface area contributed by atoms with Crippen molar-refractivity contribution in [3.63, 3.8) is 0 Å². The van der Waals surface area contributed by atoms with E-state index in [9.17, 15) is 12.8 Å². The molecule has 0 bridgehead atoms. The van der Waals surface area contributed by atoms with E-state index in [-0.39, 0.29) is 9.92 Å². The van der Waals surface area contributed by atoms with Crippen molar-refractivity contribution in [2.24, 2.45) is 5.14 Å². The second kappa shape index (κ2) is 5.28. The Balaban J connectivity index is 2.40. The Morgan fingerprint density at radius 3 is 2.45 bits per heavy atom. The highest BCUT2D eigenvalue weighted by Crippen LogP contribution is 2.28. The highest BCUT2D eigenvalue weighted by Gasteiger charge is 2.11. The molecule has 0 aliphatic rings. The Labute approximate surface area is 120 Å². The molecule has 0 aliphatic carbocycles. The third-order valence-corrected chi connectivity index (χ3v) is 3.75. The van der Waals surface area contributed by atoms with Gasteiger partial charge >= 0.3 is 0 Å². The predicted octanol–water partition coefficient (Wildman–Crippen LogP) is 2.45. The molecule has 2 aromatic rings. The lowest BCUT2D eigenvalue weighted by atomic mass is 10.2. The lowest BCUT2D eigenvalue weighted by Gasteiger charge is -2.11. The van der Waals surface area contributed by atoms with Crippen LogP contribution >= 0.6 is 11.6 Å². The second-order valence-electron chi connectivity index (χ2n) is 4.05. The Morgan fingerprint density at radius 2 is 1.85 bits per heavy atom. The van der Waals surface area contributed by atoms with Crippen LogP contribution in [0.2, 0.25) is 5.02 Å². The van der Waals surface area contributed by atoms with Gasteiger partial charge < -0.3 is 11.1 Å². The Bertz CT molecular complexity index is 765. The van der Waals surface area contributed by atoms with Crippen LogP contribution < -0.4 is 16.2 Å². The molecule has 2 rings (SSSR count). The molecule has 0 aromatic heterocycles. The largest absolute Gasteiger partial charge is 0.397 e. The minimum Gasteiger partial charge on any atom is -0.397 e. The van der Waals surface area contributed by atoms with Gasteiger partial charge in [0.2, 0.25) is 10.0 Å². The van der Waals surface area contributed by atoms with Crippen LogP contribution in [0.4, 0.5) is 21.5 Å². The van der Waals surface area contributed by atoms with Gasteiger partial charge in [0.1, 0.15) is 5.82 Å². The summed E-state index contributed by atoms with van der Waals surface area (Å²) in [6, 6.07) is 8.00. The summed E-state index contributed by atoms with van der Waals surface area (Å²) < 4.78 is 35.6. The molecule has 0 aliphatic heterocycles. The van der Waals surface area contributed by atoms with E-state index in [1.165, 1.54) is 36.4 Å². The van der Waals surface area contributed by atoms with E-state index in [1.807, 2.05) is 0 Å². The van der Waals surface area contributed by atoms with Crippen LogP contribution in [0, 0.1) is 5.82 Å². The number of hydrogen-bond donors (Lipinski definition) is 3.